The molecule has 2 N–H and O–H groups in total. The van der Waals surface area contributed by atoms with Crippen LogP contribution in [0.1, 0.15) is 18.5 Å². The number of hydrogen-bond donors (Lipinski definition) is 2. The first kappa shape index (κ1) is 17.5. The molecule has 4 atom stereocenters. The monoisotopic (exact) mass is 392 g/mol. The van der Waals surface area contributed by atoms with Gasteiger partial charge in [0.15, 0.2) is 0 Å². The summed E-state index contributed by atoms with van der Waals surface area (Å²) in [5.41, 5.74) is 7.69. The normalized spacial score (nSPS) is 27.8. The maximum absolute atomic E-state index is 13.2. The second-order valence-corrected chi connectivity index (χ2v) is 7.64. The fourth-order valence-corrected chi connectivity index (χ4v) is 4.28. The Bertz CT molecular complexity index is 902. The molecule has 0 bridgehead atoms. The highest BCUT2D eigenvalue weighted by Crippen LogP contribution is 2.43. The van der Waals surface area contributed by atoms with Crippen molar-refractivity contribution in [3.05, 3.63) is 62.5 Å². The van der Waals surface area contributed by atoms with Crippen molar-refractivity contribution in [2.24, 2.45) is 13.0 Å². The van der Waals surface area contributed by atoms with Crippen molar-refractivity contribution in [2.45, 2.75) is 25.0 Å². The quantitative estimate of drug-likeness (QED) is 0.822. The van der Waals surface area contributed by atoms with Crippen molar-refractivity contribution in [3.8, 4) is 0 Å². The summed E-state index contributed by atoms with van der Waals surface area (Å²) >= 11 is 12.1. The lowest BCUT2D eigenvalue weighted by Gasteiger charge is -2.29. The summed E-state index contributed by atoms with van der Waals surface area (Å²) < 4.78 is 1.40. The molecule has 1 aromatic carbocycles. The maximum atomic E-state index is 13.2. The van der Waals surface area contributed by atoms with E-state index in [1.807, 2.05) is 31.2 Å². The minimum absolute atomic E-state index is 0.00435. The van der Waals surface area contributed by atoms with Gasteiger partial charge in [0.2, 0.25) is 5.91 Å². The van der Waals surface area contributed by atoms with E-state index in [1.54, 1.807) is 24.2 Å². The lowest BCUT2D eigenvalue weighted by molar-refractivity contribution is -0.120. The van der Waals surface area contributed by atoms with Gasteiger partial charge in [-0.3, -0.25) is 20.4 Å². The fraction of sp³-hybridized carbons (Fsp3) is 0.333. The van der Waals surface area contributed by atoms with Gasteiger partial charge in [0.25, 0.3) is 5.56 Å². The van der Waals surface area contributed by atoms with Crippen LogP contribution in [0.3, 0.4) is 0 Å². The largest absolute Gasteiger partial charge is 0.315 e. The second-order valence-electron chi connectivity index (χ2n) is 6.80. The maximum Gasteiger partial charge on any atom is 0.269 e. The number of rotatable bonds is 2. The summed E-state index contributed by atoms with van der Waals surface area (Å²) in [6.07, 6.45) is 1.65. The lowest BCUT2D eigenvalue weighted by atomic mass is 9.92. The van der Waals surface area contributed by atoms with E-state index < -0.39 is 0 Å². The van der Waals surface area contributed by atoms with Gasteiger partial charge >= 0.3 is 0 Å². The molecule has 8 heteroatoms. The molecule has 6 nitrogen and oxygen atoms in total. The Labute approximate surface area is 160 Å². The molecule has 0 radical (unpaired) electrons. The molecule has 2 fully saturated rings. The number of fused-ring (bicyclic) bond motifs is 1. The number of carbonyl (C=O) groups excluding carboxylic acids is 1. The zero-order valence-corrected chi connectivity index (χ0v) is 15.8. The van der Waals surface area contributed by atoms with Gasteiger partial charge in [-0.25, -0.2) is 0 Å². The molecule has 0 spiro atoms. The van der Waals surface area contributed by atoms with Crippen LogP contribution < -0.4 is 21.3 Å². The van der Waals surface area contributed by atoms with Crippen molar-refractivity contribution in [3.63, 3.8) is 0 Å². The number of aromatic nitrogens is 1. The highest BCUT2D eigenvalue weighted by molar-refractivity contribution is 6.31. The predicted molar refractivity (Wildman–Crippen MR) is 101 cm³/mol. The van der Waals surface area contributed by atoms with Gasteiger partial charge < -0.3 is 9.47 Å². The van der Waals surface area contributed by atoms with Gasteiger partial charge in [-0.05, 0) is 30.7 Å². The van der Waals surface area contributed by atoms with E-state index >= 15 is 0 Å². The number of carbonyl (C=O) groups is 1. The zero-order chi connectivity index (χ0) is 18.6. The third-order valence-corrected chi connectivity index (χ3v) is 5.68. The van der Waals surface area contributed by atoms with Crippen LogP contribution in [0.15, 0.2) is 41.3 Å². The van der Waals surface area contributed by atoms with Gasteiger partial charge in [0, 0.05) is 24.3 Å². The van der Waals surface area contributed by atoms with E-state index in [1.165, 1.54) is 4.57 Å². The molecule has 4 unspecified atom stereocenters. The molecule has 2 aliphatic rings. The number of aryl methyl sites for hydroxylation is 1. The Morgan fingerprint density at radius 2 is 1.77 bits per heavy atom. The van der Waals surface area contributed by atoms with Gasteiger partial charge in [-0.2, -0.15) is 0 Å². The molecule has 2 saturated heterocycles. The molecule has 0 aliphatic carbocycles. The summed E-state index contributed by atoms with van der Waals surface area (Å²) in [4.78, 5) is 26.9. The first-order chi connectivity index (χ1) is 12.4. The molecular weight excluding hydrogens is 375 g/mol. The van der Waals surface area contributed by atoms with Gasteiger partial charge in [-0.15, -0.1) is 0 Å². The third kappa shape index (κ3) is 2.65. The first-order valence-corrected chi connectivity index (χ1v) is 9.10. The van der Waals surface area contributed by atoms with E-state index in [0.29, 0.717) is 10.7 Å². The van der Waals surface area contributed by atoms with Crippen molar-refractivity contribution in [2.75, 3.05) is 4.90 Å². The van der Waals surface area contributed by atoms with Crippen molar-refractivity contribution in [1.29, 1.82) is 0 Å². The number of amides is 1. The van der Waals surface area contributed by atoms with Gasteiger partial charge in [0.05, 0.1) is 23.7 Å². The SMILES string of the molecule is CC1NNC2C1C(=O)N(c1cc(Cl)c(=O)n(C)c1)C2c1ccc(Cl)cc1. The zero-order valence-electron chi connectivity index (χ0n) is 14.2. The van der Waals surface area contributed by atoms with Crippen LogP contribution in [0, 0.1) is 5.92 Å². The van der Waals surface area contributed by atoms with Crippen molar-refractivity contribution in [1.82, 2.24) is 15.4 Å². The van der Waals surface area contributed by atoms with Crippen LogP contribution in [0.4, 0.5) is 5.69 Å². The number of benzene rings is 1. The molecule has 3 heterocycles. The number of hydrazine groups is 1. The third-order valence-electron chi connectivity index (χ3n) is 5.16. The Morgan fingerprint density at radius 1 is 1.08 bits per heavy atom. The second kappa shape index (κ2) is 6.39. The lowest BCUT2D eigenvalue weighted by Crippen LogP contribution is -2.41. The van der Waals surface area contributed by atoms with Gasteiger partial charge in [0.1, 0.15) is 5.02 Å². The molecule has 2 aromatic rings. The summed E-state index contributed by atoms with van der Waals surface area (Å²) in [6, 6.07) is 8.68. The Kier molecular flexibility index (Phi) is 4.31. The molecular formula is C18H18Cl2N4O2. The average molecular weight is 393 g/mol. The first-order valence-electron chi connectivity index (χ1n) is 8.34. The molecule has 1 aromatic heterocycles. The summed E-state index contributed by atoms with van der Waals surface area (Å²) in [5.74, 6) is -0.221. The van der Waals surface area contributed by atoms with Crippen molar-refractivity contribution >= 4 is 34.8 Å². The minimum atomic E-state index is -0.293. The van der Waals surface area contributed by atoms with Crippen LogP contribution in [0.25, 0.3) is 0 Å². The fourth-order valence-electron chi connectivity index (χ4n) is 3.91. The van der Waals surface area contributed by atoms with Crippen LogP contribution in [0.2, 0.25) is 10.0 Å². The Balaban J connectivity index is 1.86. The number of anilines is 1. The summed E-state index contributed by atoms with van der Waals surface area (Å²) in [7, 11) is 1.62. The summed E-state index contributed by atoms with van der Waals surface area (Å²) in [6.45, 7) is 1.98. The number of pyridine rings is 1. The number of nitrogens with one attached hydrogen (secondary N) is 2. The molecule has 0 saturated carbocycles. The number of nitrogens with zero attached hydrogens (tertiary/aromatic N) is 2. The minimum Gasteiger partial charge on any atom is -0.315 e. The highest BCUT2D eigenvalue weighted by Gasteiger charge is 2.54. The van der Waals surface area contributed by atoms with Crippen LogP contribution in [0.5, 0.6) is 0 Å². The van der Waals surface area contributed by atoms with Crippen LogP contribution in [-0.2, 0) is 11.8 Å². The summed E-state index contributed by atoms with van der Waals surface area (Å²) in [5, 5.41) is 0.723. The van der Waals surface area contributed by atoms with E-state index in [0.717, 1.165) is 5.56 Å². The molecule has 2 aliphatic heterocycles. The predicted octanol–water partition coefficient (Wildman–Crippen LogP) is 2.26. The Hall–Kier alpha value is -1.86. The van der Waals surface area contributed by atoms with Crippen LogP contribution >= 0.6 is 23.2 Å². The standard InChI is InChI=1S/C18H18Cl2N4O2/c1-9-14-15(22-21-9)16(10-3-5-11(19)6-4-10)24(18(14)26)12-7-13(20)17(25)23(2)8-12/h3-9,14-16,21-22H,1-2H3. The van der Waals surface area contributed by atoms with E-state index in [2.05, 4.69) is 10.9 Å². The van der Waals surface area contributed by atoms with Gasteiger partial charge in [-0.1, -0.05) is 35.3 Å². The average Bonchev–Trinajstić information content (AvgIpc) is 3.12. The van der Waals surface area contributed by atoms with E-state index in [9.17, 15) is 9.59 Å². The molecule has 26 heavy (non-hydrogen) atoms. The topological polar surface area (TPSA) is 66.4 Å². The number of halogens is 2. The number of hydrogen-bond acceptors (Lipinski definition) is 4. The Morgan fingerprint density at radius 3 is 2.42 bits per heavy atom. The van der Waals surface area contributed by atoms with Crippen molar-refractivity contribution < 1.29 is 4.79 Å². The van der Waals surface area contributed by atoms with E-state index in [4.69, 9.17) is 23.2 Å². The molecule has 136 valence electrons. The smallest absolute Gasteiger partial charge is 0.269 e. The van der Waals surface area contributed by atoms with Crippen LogP contribution in [-0.4, -0.2) is 22.6 Å². The molecule has 1 amide bonds. The van der Waals surface area contributed by atoms with E-state index in [-0.39, 0.29) is 40.5 Å². The molecule has 4 rings (SSSR count). The highest BCUT2D eigenvalue weighted by atomic mass is 35.5.